The van der Waals surface area contributed by atoms with Gasteiger partial charge in [0.25, 0.3) is 0 Å². The van der Waals surface area contributed by atoms with E-state index >= 15 is 0 Å². The van der Waals surface area contributed by atoms with Crippen molar-refractivity contribution in [2.45, 2.75) is 242 Å². The van der Waals surface area contributed by atoms with Gasteiger partial charge in [0.15, 0.2) is 0 Å². The third-order valence-electron chi connectivity index (χ3n) is 24.8. The minimum Gasteiger partial charge on any atom is -0.383 e. The predicted octanol–water partition coefficient (Wildman–Crippen LogP) is 18.7. The Morgan fingerprint density at radius 2 is 0.814 bits per heavy atom. The van der Waals surface area contributed by atoms with Crippen LogP contribution in [0.3, 0.4) is 0 Å². The molecule has 1 unspecified atom stereocenters. The second-order valence-electron chi connectivity index (χ2n) is 38.1. The van der Waals surface area contributed by atoms with Crippen molar-refractivity contribution in [2.24, 2.45) is 0 Å². The highest BCUT2D eigenvalue weighted by Gasteiger charge is 2.43. The number of nitrogens with one attached hydrogen (secondary N) is 8. The van der Waals surface area contributed by atoms with Crippen LogP contribution in [0.15, 0.2) is 141 Å². The number of rotatable bonds is 17. The molecule has 6 saturated carbocycles. The van der Waals surface area contributed by atoms with E-state index in [1.807, 2.05) is 72.0 Å². The Morgan fingerprint density at radius 1 is 0.419 bits per heavy atom. The molecule has 12 aromatic heterocycles. The van der Waals surface area contributed by atoms with E-state index in [4.69, 9.17) is 41.0 Å². The van der Waals surface area contributed by atoms with Gasteiger partial charge in [-0.2, -0.15) is 0 Å². The van der Waals surface area contributed by atoms with Gasteiger partial charge < -0.3 is 80.6 Å². The first-order valence-electron chi connectivity index (χ1n) is 44.0. The summed E-state index contributed by atoms with van der Waals surface area (Å²) >= 11 is 0. The van der Waals surface area contributed by atoms with Crippen LogP contribution in [0.4, 0.5) is 81.8 Å². The minimum atomic E-state index is -0.617. The molecule has 2 aromatic carbocycles. The number of allylic oxidation sites excluding steroid dienone is 1. The van der Waals surface area contributed by atoms with E-state index in [1.54, 1.807) is 36.7 Å². The number of carbonyl (C=O) groups excluding carboxylic acids is 4. The van der Waals surface area contributed by atoms with E-state index in [2.05, 4.69) is 174 Å². The number of amides is 8. The number of anilines is 10. The maximum absolute atomic E-state index is 14.9. The van der Waals surface area contributed by atoms with Gasteiger partial charge in [0.1, 0.15) is 77.0 Å². The molecule has 0 radical (unpaired) electrons. The summed E-state index contributed by atoms with van der Waals surface area (Å²) in [6.07, 6.45) is 34.2. The molecule has 7 aliphatic rings. The molecular weight excluding hydrogens is 1640 g/mol. The molecular formula is C92H107FN28O8. The number of hydrogen-bond donors (Lipinski definition) is 12. The fraction of sp³-hybridized carbons (Fsp3) is 0.413. The number of nitrogens with two attached hydrogens (primary N) is 4. The molecule has 1 atom stereocenters. The van der Waals surface area contributed by atoms with Crippen LogP contribution in [0.5, 0.6) is 0 Å². The summed E-state index contributed by atoms with van der Waals surface area (Å²) < 4.78 is 44.6. The highest BCUT2D eigenvalue weighted by Crippen LogP contribution is 2.50. The van der Waals surface area contributed by atoms with Gasteiger partial charge in [-0.25, -0.2) is 63.4 Å². The van der Waals surface area contributed by atoms with Crippen molar-refractivity contribution < 1.29 is 41.7 Å². The van der Waals surface area contributed by atoms with E-state index in [0.29, 0.717) is 87.6 Å². The van der Waals surface area contributed by atoms with Gasteiger partial charge in [0.05, 0.1) is 50.0 Å². The summed E-state index contributed by atoms with van der Waals surface area (Å²) in [6.45, 7) is 20.5. The molecule has 6 fully saturated rings. The molecule has 0 spiro atoms. The standard InChI is InChI=1S/C23H22FN7O2.C23H31N7O2.C23H29N7O2.C23H25N7O2/c1-23(6-7-23)17-9-18(33-30-17)29-22(32)28-16-5-2-12(8-15(16)24)14-10-31(13-3-4-13)21-19(14)20(25)26-11-27-21;3*1-23(2,3)17-10-18(32-29-17)28-22(31)27-14-6-4-13(5-7-14)16-11-30(15-8-9-15)21-19(16)20(24)25-12-26-21/h2,5,8-11,13H,3-4,6-7H2,1H3,(H2,25,26,27)(H2,28,29,32);10-15H,4-9H2,1-3H3,(H2,24,25,26)(H2,27,28,31);4,10-12,14-15H,5-9H2,1-3H3,(H2,24,25,26)(H2,27,28,31);4-7,10-12,15H,8-9H2,1-3H3,(H2,24,25,26)(H2,27,28,31). The van der Waals surface area contributed by atoms with E-state index in [0.717, 1.165) is 167 Å². The molecule has 12 heterocycles. The maximum atomic E-state index is 14.9. The second kappa shape index (κ2) is 34.1. The first-order valence-corrected chi connectivity index (χ1v) is 44.0. The van der Waals surface area contributed by atoms with Gasteiger partial charge >= 0.3 is 24.1 Å². The van der Waals surface area contributed by atoms with Crippen molar-refractivity contribution >= 4 is 132 Å². The first-order chi connectivity index (χ1) is 61.8. The van der Waals surface area contributed by atoms with Crippen LogP contribution < -0.4 is 65.5 Å². The Kier molecular flexibility index (Phi) is 22.6. The maximum Gasteiger partial charge on any atom is 0.326 e. The average molecular weight is 1750 g/mol. The number of hydrogen-bond acceptors (Lipinski definition) is 24. The van der Waals surface area contributed by atoms with E-state index in [9.17, 15) is 23.6 Å². The number of carbonyl (C=O) groups is 4. The molecule has 8 amide bonds. The normalized spacial score (nSPS) is 17.8. The number of urea groups is 4. The fourth-order valence-corrected chi connectivity index (χ4v) is 16.6. The summed E-state index contributed by atoms with van der Waals surface area (Å²) in [5.74, 6) is 2.95. The molecule has 14 aromatic rings. The van der Waals surface area contributed by atoms with Crippen LogP contribution in [0.25, 0.3) is 72.0 Å². The SMILES string of the molecule is CC(C)(C)c1cc(NC(=O)NC2CC=C(c3cn(C4CC4)c4ncnc(N)c34)CC2)on1.CC(C)(C)c1cc(NC(=O)NC2CCC(c3cn(C4CC4)c4ncnc(N)c34)CC2)on1.CC(C)(C)c1cc(NC(=O)Nc2ccc(-c3cn(C4CC4)c4ncnc(N)c34)cc2)on1.CC1(c2cc(NC(=O)Nc3ccc(-c4cn(C5CC5)c5ncnc(N)c45)cc3F)on2)CC1. The zero-order valence-electron chi connectivity index (χ0n) is 73.7. The Balaban J connectivity index is 0.000000116. The Bertz CT molecular complexity index is 6600. The van der Waals surface area contributed by atoms with E-state index < -0.39 is 17.9 Å². The van der Waals surface area contributed by atoms with Gasteiger partial charge in [-0.3, -0.25) is 21.3 Å². The van der Waals surface area contributed by atoms with Crippen LogP contribution in [-0.2, 0) is 21.7 Å². The van der Waals surface area contributed by atoms with Crippen LogP contribution in [-0.4, -0.2) is 115 Å². The molecule has 21 rings (SSSR count). The lowest BCUT2D eigenvalue weighted by Gasteiger charge is -2.29. The number of halogens is 1. The summed E-state index contributed by atoms with van der Waals surface area (Å²) in [5, 5.41) is 41.8. The van der Waals surface area contributed by atoms with Crippen molar-refractivity contribution in [2.75, 3.05) is 54.8 Å². The number of nitrogen functional groups attached to an aromatic ring is 4. The largest absolute Gasteiger partial charge is 0.383 e. The highest BCUT2D eigenvalue weighted by molar-refractivity contribution is 6.05. The van der Waals surface area contributed by atoms with E-state index in [1.165, 1.54) is 67.9 Å². The lowest BCUT2D eigenvalue weighted by Crippen LogP contribution is -2.39. The Hall–Kier alpha value is -14.3. The summed E-state index contributed by atoms with van der Waals surface area (Å²) in [6, 6.07) is 19.7. The molecule has 0 bridgehead atoms. The minimum absolute atomic E-state index is 0.0267. The molecule has 129 heavy (non-hydrogen) atoms. The lowest BCUT2D eigenvalue weighted by molar-refractivity contribution is 0.241. The number of nitrogens with zero attached hydrogens (tertiary/aromatic N) is 16. The molecule has 16 N–H and O–H groups in total. The van der Waals surface area contributed by atoms with Gasteiger partial charge in [0.2, 0.25) is 23.5 Å². The summed E-state index contributed by atoms with van der Waals surface area (Å²) in [7, 11) is 0. The van der Waals surface area contributed by atoms with Crippen molar-refractivity contribution in [3.05, 3.63) is 163 Å². The number of aromatic nitrogens is 16. The second-order valence-corrected chi connectivity index (χ2v) is 38.1. The lowest BCUT2D eigenvalue weighted by atomic mass is 9.82. The van der Waals surface area contributed by atoms with E-state index in [-0.39, 0.29) is 57.4 Å². The third kappa shape index (κ3) is 18.9. The van der Waals surface area contributed by atoms with Gasteiger partial charge in [-0.1, -0.05) is 114 Å². The summed E-state index contributed by atoms with van der Waals surface area (Å²) in [5.41, 5.74) is 38.7. The van der Waals surface area contributed by atoms with Gasteiger partial charge in [-0.15, -0.1) is 0 Å². The van der Waals surface area contributed by atoms with Crippen LogP contribution >= 0.6 is 0 Å². The molecule has 37 heteroatoms. The van der Waals surface area contributed by atoms with Crippen LogP contribution in [0.2, 0.25) is 0 Å². The molecule has 0 saturated heterocycles. The first kappa shape index (κ1) is 85.5. The van der Waals surface area contributed by atoms with Gasteiger partial charge in [0, 0.05) is 129 Å². The zero-order chi connectivity index (χ0) is 90.1. The smallest absolute Gasteiger partial charge is 0.326 e. The molecule has 0 aliphatic heterocycles. The number of benzene rings is 2. The Labute approximate surface area is 741 Å². The fourth-order valence-electron chi connectivity index (χ4n) is 16.6. The highest BCUT2D eigenvalue weighted by atomic mass is 19.1. The number of fused-ring (bicyclic) bond motifs is 4. The van der Waals surface area contributed by atoms with Crippen molar-refractivity contribution in [3.8, 4) is 22.3 Å². The Morgan fingerprint density at radius 3 is 1.25 bits per heavy atom. The third-order valence-corrected chi connectivity index (χ3v) is 24.8. The topological polar surface area (TPSA) is 496 Å². The zero-order valence-corrected chi connectivity index (χ0v) is 73.7. The summed E-state index contributed by atoms with van der Waals surface area (Å²) in [4.78, 5) is 84.2. The van der Waals surface area contributed by atoms with Crippen molar-refractivity contribution in [1.29, 1.82) is 0 Å². The van der Waals surface area contributed by atoms with Crippen molar-refractivity contribution in [1.82, 2.24) is 89.4 Å². The van der Waals surface area contributed by atoms with Crippen LogP contribution in [0.1, 0.15) is 242 Å². The average Bonchev–Trinajstić information content (AvgIpc) is 1.59. The monoisotopic (exact) mass is 1750 g/mol. The van der Waals surface area contributed by atoms with Crippen LogP contribution in [0, 0.1) is 5.82 Å². The molecule has 7 aliphatic carbocycles. The predicted molar refractivity (Wildman–Crippen MR) is 491 cm³/mol. The molecule has 36 nitrogen and oxygen atoms in total. The quantitative estimate of drug-likeness (QED) is 0.0403. The van der Waals surface area contributed by atoms with Gasteiger partial charge in [-0.05, 0) is 162 Å². The van der Waals surface area contributed by atoms with Crippen molar-refractivity contribution in [3.63, 3.8) is 0 Å². The molecule has 670 valence electrons.